The molecule has 6 heteroatoms. The molecule has 0 unspecified atom stereocenters. The minimum absolute atomic E-state index is 0.260. The summed E-state index contributed by atoms with van der Waals surface area (Å²) in [5.74, 6) is 1.25. The maximum Gasteiger partial charge on any atom is 0.240 e. The Labute approximate surface area is 112 Å². The van der Waals surface area contributed by atoms with Crippen molar-refractivity contribution in [2.24, 2.45) is 0 Å². The quantitative estimate of drug-likeness (QED) is 0.906. The zero-order valence-electron chi connectivity index (χ0n) is 10.9. The molecule has 0 amide bonds. The molecule has 0 aliphatic carbocycles. The van der Waals surface area contributed by atoms with E-state index in [1.807, 2.05) is 13.0 Å². The molecule has 5 nitrogen and oxygen atoms in total. The molecular weight excluding hydrogens is 264 g/mol. The van der Waals surface area contributed by atoms with Crippen molar-refractivity contribution in [3.05, 3.63) is 47.7 Å². The van der Waals surface area contributed by atoms with Gasteiger partial charge in [-0.05, 0) is 31.5 Å². The number of aromatic nitrogens is 1. The van der Waals surface area contributed by atoms with E-state index in [2.05, 4.69) is 9.71 Å². The van der Waals surface area contributed by atoms with Gasteiger partial charge >= 0.3 is 0 Å². The van der Waals surface area contributed by atoms with Crippen molar-refractivity contribution < 1.29 is 12.8 Å². The summed E-state index contributed by atoms with van der Waals surface area (Å²) in [5, 5.41) is 0. The molecule has 0 fully saturated rings. The van der Waals surface area contributed by atoms with Crippen LogP contribution in [-0.4, -0.2) is 19.9 Å². The summed E-state index contributed by atoms with van der Waals surface area (Å²) >= 11 is 0. The van der Waals surface area contributed by atoms with Crippen LogP contribution < -0.4 is 4.72 Å². The lowest BCUT2D eigenvalue weighted by Crippen LogP contribution is -2.26. The number of rotatable bonds is 5. The lowest BCUT2D eigenvalue weighted by atomic mass is 10.2. The Kier molecular flexibility index (Phi) is 4.01. The van der Waals surface area contributed by atoms with E-state index in [9.17, 15) is 8.42 Å². The van der Waals surface area contributed by atoms with E-state index in [1.54, 1.807) is 31.3 Å². The van der Waals surface area contributed by atoms with Gasteiger partial charge in [-0.3, -0.25) is 0 Å². The third-order valence-electron chi connectivity index (χ3n) is 2.60. The summed E-state index contributed by atoms with van der Waals surface area (Å²) in [7, 11) is -3.47. The van der Waals surface area contributed by atoms with Crippen molar-refractivity contribution in [2.75, 3.05) is 6.54 Å². The maximum atomic E-state index is 12.0. The second-order valence-electron chi connectivity index (χ2n) is 4.33. The number of nitrogens with zero attached hydrogens (tertiary/aromatic N) is 1. The first-order valence-electron chi connectivity index (χ1n) is 5.95. The van der Waals surface area contributed by atoms with E-state index in [-0.39, 0.29) is 11.4 Å². The highest BCUT2D eigenvalue weighted by atomic mass is 32.2. The highest BCUT2D eigenvalue weighted by molar-refractivity contribution is 7.89. The van der Waals surface area contributed by atoms with Gasteiger partial charge in [0, 0.05) is 13.0 Å². The lowest BCUT2D eigenvalue weighted by Gasteiger charge is -2.06. The molecule has 0 saturated carbocycles. The van der Waals surface area contributed by atoms with E-state index in [4.69, 9.17) is 4.42 Å². The van der Waals surface area contributed by atoms with E-state index < -0.39 is 10.0 Å². The van der Waals surface area contributed by atoms with Gasteiger partial charge in [-0.1, -0.05) is 12.1 Å². The Hall–Kier alpha value is -1.66. The van der Waals surface area contributed by atoms with Crippen molar-refractivity contribution in [3.63, 3.8) is 0 Å². The number of oxazole rings is 1. The van der Waals surface area contributed by atoms with Gasteiger partial charge in [0.2, 0.25) is 10.0 Å². The molecule has 2 aromatic rings. The summed E-state index contributed by atoms with van der Waals surface area (Å²) in [5.41, 5.74) is 0.909. The molecule has 0 aliphatic heterocycles. The highest BCUT2D eigenvalue weighted by Gasteiger charge is 2.13. The molecule has 1 heterocycles. The number of aryl methyl sites for hydroxylation is 2. The van der Waals surface area contributed by atoms with Crippen LogP contribution in [0.25, 0.3) is 0 Å². The molecule has 1 aromatic carbocycles. The van der Waals surface area contributed by atoms with Gasteiger partial charge in [-0.15, -0.1) is 0 Å². The number of hydrogen-bond acceptors (Lipinski definition) is 4. The number of sulfonamides is 1. The van der Waals surface area contributed by atoms with Crippen molar-refractivity contribution >= 4 is 10.0 Å². The first kappa shape index (κ1) is 13.8. The predicted molar refractivity (Wildman–Crippen MR) is 71.3 cm³/mol. The van der Waals surface area contributed by atoms with Crippen LogP contribution in [0, 0.1) is 13.8 Å². The normalized spacial score (nSPS) is 11.7. The smallest absolute Gasteiger partial charge is 0.240 e. The molecule has 0 spiro atoms. The summed E-state index contributed by atoms with van der Waals surface area (Å²) in [4.78, 5) is 4.29. The Morgan fingerprint density at radius 3 is 2.74 bits per heavy atom. The zero-order valence-corrected chi connectivity index (χ0v) is 11.7. The van der Waals surface area contributed by atoms with Gasteiger partial charge in [0.05, 0.1) is 11.1 Å². The average Bonchev–Trinajstić information content (AvgIpc) is 2.75. The molecule has 0 saturated heterocycles. The van der Waals surface area contributed by atoms with Crippen LogP contribution in [-0.2, 0) is 16.4 Å². The maximum absolute atomic E-state index is 12.0. The summed E-state index contributed by atoms with van der Waals surface area (Å²) in [6.45, 7) is 3.91. The van der Waals surface area contributed by atoms with Crippen molar-refractivity contribution in [3.8, 4) is 0 Å². The van der Waals surface area contributed by atoms with Gasteiger partial charge in [-0.25, -0.2) is 18.1 Å². The average molecular weight is 280 g/mol. The highest BCUT2D eigenvalue weighted by Crippen LogP contribution is 2.10. The molecule has 0 bridgehead atoms. The third kappa shape index (κ3) is 3.65. The first-order valence-corrected chi connectivity index (χ1v) is 7.43. The molecule has 1 aromatic heterocycles. The zero-order chi connectivity index (χ0) is 13.9. The van der Waals surface area contributed by atoms with E-state index in [1.165, 1.54) is 0 Å². The van der Waals surface area contributed by atoms with Gasteiger partial charge in [0.1, 0.15) is 5.76 Å². The van der Waals surface area contributed by atoms with Crippen molar-refractivity contribution in [1.29, 1.82) is 0 Å². The van der Waals surface area contributed by atoms with Gasteiger partial charge in [0.15, 0.2) is 5.89 Å². The largest absolute Gasteiger partial charge is 0.446 e. The number of benzene rings is 1. The Morgan fingerprint density at radius 2 is 2.11 bits per heavy atom. The third-order valence-corrected chi connectivity index (χ3v) is 4.06. The Bertz CT molecular complexity index is 662. The lowest BCUT2D eigenvalue weighted by molar-refractivity contribution is 0.469. The van der Waals surface area contributed by atoms with Crippen LogP contribution in [0.1, 0.15) is 17.2 Å². The molecule has 102 valence electrons. The molecule has 0 atom stereocenters. The van der Waals surface area contributed by atoms with Gasteiger partial charge < -0.3 is 4.42 Å². The fourth-order valence-electron chi connectivity index (χ4n) is 1.68. The SMILES string of the molecule is Cc1cccc(S(=O)(=O)NCCc2ncc(C)o2)c1. The van der Waals surface area contributed by atoms with E-state index in [0.717, 1.165) is 11.3 Å². The Balaban J connectivity index is 1.98. The van der Waals surface area contributed by atoms with E-state index >= 15 is 0 Å². The molecule has 1 N–H and O–H groups in total. The van der Waals surface area contributed by atoms with Crippen LogP contribution in [0.3, 0.4) is 0 Å². The van der Waals surface area contributed by atoms with Gasteiger partial charge in [0.25, 0.3) is 0 Å². The minimum atomic E-state index is -3.47. The van der Waals surface area contributed by atoms with Crippen molar-refractivity contribution in [1.82, 2.24) is 9.71 Å². The fourth-order valence-corrected chi connectivity index (χ4v) is 2.81. The fraction of sp³-hybridized carbons (Fsp3) is 0.308. The standard InChI is InChI=1S/C13H16N2O3S/c1-10-4-3-5-12(8-10)19(16,17)15-7-6-13-14-9-11(2)18-13/h3-5,8-9,15H,6-7H2,1-2H3. The second-order valence-corrected chi connectivity index (χ2v) is 6.10. The van der Waals surface area contributed by atoms with Crippen LogP contribution >= 0.6 is 0 Å². The summed E-state index contributed by atoms with van der Waals surface area (Å²) < 4.78 is 31.8. The Morgan fingerprint density at radius 1 is 1.32 bits per heavy atom. The van der Waals surface area contributed by atoms with Crippen LogP contribution in [0.4, 0.5) is 0 Å². The van der Waals surface area contributed by atoms with E-state index in [0.29, 0.717) is 12.3 Å². The van der Waals surface area contributed by atoms with Crippen molar-refractivity contribution in [2.45, 2.75) is 25.2 Å². The van der Waals surface area contributed by atoms with Crippen LogP contribution in [0.2, 0.25) is 0 Å². The molecule has 2 rings (SSSR count). The minimum Gasteiger partial charge on any atom is -0.446 e. The van der Waals surface area contributed by atoms with Crippen LogP contribution in [0.15, 0.2) is 39.8 Å². The number of nitrogens with one attached hydrogen (secondary N) is 1. The molecular formula is C13H16N2O3S. The molecule has 0 radical (unpaired) electrons. The monoisotopic (exact) mass is 280 g/mol. The van der Waals surface area contributed by atoms with Gasteiger partial charge in [-0.2, -0.15) is 0 Å². The second kappa shape index (κ2) is 5.54. The number of hydrogen-bond donors (Lipinski definition) is 1. The summed E-state index contributed by atoms with van der Waals surface area (Å²) in [6, 6.07) is 6.79. The predicted octanol–water partition coefficient (Wildman–Crippen LogP) is 1.81. The molecule has 19 heavy (non-hydrogen) atoms. The molecule has 0 aliphatic rings. The summed E-state index contributed by atoms with van der Waals surface area (Å²) in [6.07, 6.45) is 2.04. The van der Waals surface area contributed by atoms with Crippen LogP contribution in [0.5, 0.6) is 0 Å². The first-order chi connectivity index (χ1) is 8.97. The topological polar surface area (TPSA) is 72.2 Å².